The molecule has 0 N–H and O–H groups in total. The molecule has 0 aromatic heterocycles. The molecule has 0 heterocycles. The van der Waals surface area contributed by atoms with Gasteiger partial charge in [-0.1, -0.05) is 48.5 Å². The number of ether oxygens (including phenoxy) is 1. The molecular formula is C16H16O2. The number of carbonyl (C=O) groups excluding carboxylic acids is 1. The fraction of sp³-hybridized carbons (Fsp3) is 0.188. The minimum atomic E-state index is 0.0944. The fourth-order valence-electron chi connectivity index (χ4n) is 1.86. The van der Waals surface area contributed by atoms with Crippen LogP contribution < -0.4 is 0 Å². The summed E-state index contributed by atoms with van der Waals surface area (Å²) in [5, 5.41) is 0. The van der Waals surface area contributed by atoms with E-state index in [4.69, 9.17) is 4.74 Å². The van der Waals surface area contributed by atoms with Gasteiger partial charge in [-0.2, -0.15) is 0 Å². The highest BCUT2D eigenvalue weighted by Crippen LogP contribution is 2.20. The van der Waals surface area contributed by atoms with Crippen molar-refractivity contribution in [1.29, 1.82) is 0 Å². The first-order chi connectivity index (χ1) is 8.70. The third-order valence-corrected chi connectivity index (χ3v) is 2.89. The van der Waals surface area contributed by atoms with E-state index < -0.39 is 0 Å². The maximum absolute atomic E-state index is 11.2. The van der Waals surface area contributed by atoms with Gasteiger partial charge in [0.2, 0.25) is 0 Å². The molecule has 0 aliphatic rings. The number of benzene rings is 2. The van der Waals surface area contributed by atoms with Gasteiger partial charge in [0.05, 0.1) is 6.61 Å². The van der Waals surface area contributed by atoms with Gasteiger partial charge in [-0.25, -0.2) is 0 Å². The fourth-order valence-corrected chi connectivity index (χ4v) is 1.86. The Hall–Kier alpha value is -1.93. The zero-order chi connectivity index (χ0) is 13.0. The van der Waals surface area contributed by atoms with E-state index in [2.05, 4.69) is 24.3 Å². The zero-order valence-corrected chi connectivity index (χ0v) is 10.6. The first-order valence-electron chi connectivity index (χ1n) is 5.90. The number of carbonyl (C=O) groups is 1. The van der Waals surface area contributed by atoms with Crippen LogP contribution in [0, 0.1) is 0 Å². The van der Waals surface area contributed by atoms with Gasteiger partial charge < -0.3 is 4.74 Å². The van der Waals surface area contributed by atoms with Crippen molar-refractivity contribution < 1.29 is 9.53 Å². The summed E-state index contributed by atoms with van der Waals surface area (Å²) in [6.45, 7) is 2.21. The molecule has 0 aliphatic carbocycles. The monoisotopic (exact) mass is 240 g/mol. The predicted octanol–water partition coefficient (Wildman–Crippen LogP) is 3.70. The van der Waals surface area contributed by atoms with Crippen LogP contribution in [0.1, 0.15) is 22.8 Å². The van der Waals surface area contributed by atoms with Crippen molar-refractivity contribution in [1.82, 2.24) is 0 Å². The van der Waals surface area contributed by atoms with Gasteiger partial charge in [-0.15, -0.1) is 0 Å². The Kier molecular flexibility index (Phi) is 3.90. The summed E-state index contributed by atoms with van der Waals surface area (Å²) in [5.74, 6) is 0.0944. The van der Waals surface area contributed by atoms with Crippen LogP contribution in [0.5, 0.6) is 0 Å². The Balaban J connectivity index is 2.23. The standard InChI is InChI=1S/C16H16O2/c1-12(17)14-7-9-16(10-8-14)15-5-3-13(4-6-15)11-18-2/h3-10H,11H2,1-2H3. The van der Waals surface area contributed by atoms with Gasteiger partial charge in [-0.05, 0) is 23.6 Å². The first-order valence-corrected chi connectivity index (χ1v) is 5.90. The van der Waals surface area contributed by atoms with Gasteiger partial charge in [0.1, 0.15) is 0 Å². The maximum Gasteiger partial charge on any atom is 0.159 e. The summed E-state index contributed by atoms with van der Waals surface area (Å²) in [5.41, 5.74) is 4.16. The molecular weight excluding hydrogens is 224 g/mol. The van der Waals surface area contributed by atoms with E-state index in [9.17, 15) is 4.79 Å². The third kappa shape index (κ3) is 2.84. The van der Waals surface area contributed by atoms with Crippen LogP contribution in [-0.2, 0) is 11.3 Å². The molecule has 0 unspecified atom stereocenters. The van der Waals surface area contributed by atoms with Crippen LogP contribution in [0.3, 0.4) is 0 Å². The van der Waals surface area contributed by atoms with Crippen LogP contribution in [0.25, 0.3) is 11.1 Å². The van der Waals surface area contributed by atoms with Crippen molar-refractivity contribution in [3.8, 4) is 11.1 Å². The quantitative estimate of drug-likeness (QED) is 0.762. The lowest BCUT2D eigenvalue weighted by atomic mass is 10.0. The summed E-state index contributed by atoms with van der Waals surface area (Å²) in [6, 6.07) is 15.9. The summed E-state index contributed by atoms with van der Waals surface area (Å²) in [6.07, 6.45) is 0. The molecule has 2 rings (SSSR count). The minimum absolute atomic E-state index is 0.0944. The lowest BCUT2D eigenvalue weighted by Crippen LogP contribution is -1.91. The van der Waals surface area contributed by atoms with Gasteiger partial charge in [-0.3, -0.25) is 4.79 Å². The number of methoxy groups -OCH3 is 1. The molecule has 0 atom stereocenters. The highest BCUT2D eigenvalue weighted by atomic mass is 16.5. The highest BCUT2D eigenvalue weighted by Gasteiger charge is 2.01. The minimum Gasteiger partial charge on any atom is -0.380 e. The summed E-state index contributed by atoms with van der Waals surface area (Å²) in [4.78, 5) is 11.2. The van der Waals surface area contributed by atoms with Crippen molar-refractivity contribution in [2.75, 3.05) is 7.11 Å². The number of Topliss-reactive ketones (excluding diaryl/α,β-unsaturated/α-hetero) is 1. The number of hydrogen-bond acceptors (Lipinski definition) is 2. The second kappa shape index (κ2) is 5.61. The molecule has 0 amide bonds. The van der Waals surface area contributed by atoms with E-state index in [-0.39, 0.29) is 5.78 Å². The normalized spacial score (nSPS) is 10.3. The number of rotatable bonds is 4. The average Bonchev–Trinajstić information content (AvgIpc) is 2.40. The summed E-state index contributed by atoms with van der Waals surface area (Å²) in [7, 11) is 1.69. The first kappa shape index (κ1) is 12.5. The van der Waals surface area contributed by atoms with Crippen LogP contribution >= 0.6 is 0 Å². The summed E-state index contributed by atoms with van der Waals surface area (Å²) < 4.78 is 5.08. The lowest BCUT2D eigenvalue weighted by molar-refractivity contribution is 0.101. The molecule has 0 saturated carbocycles. The Morgan fingerprint density at radius 2 is 1.44 bits per heavy atom. The van der Waals surface area contributed by atoms with Crippen LogP contribution in [0.4, 0.5) is 0 Å². The zero-order valence-electron chi connectivity index (χ0n) is 10.6. The van der Waals surface area contributed by atoms with Crippen LogP contribution in [0.2, 0.25) is 0 Å². The smallest absolute Gasteiger partial charge is 0.159 e. The molecule has 0 aliphatic heterocycles. The van der Waals surface area contributed by atoms with Crippen molar-refractivity contribution in [2.24, 2.45) is 0 Å². The lowest BCUT2D eigenvalue weighted by Gasteiger charge is -2.04. The topological polar surface area (TPSA) is 26.3 Å². The summed E-state index contributed by atoms with van der Waals surface area (Å²) >= 11 is 0. The Labute approximate surface area is 107 Å². The molecule has 2 aromatic rings. The predicted molar refractivity (Wildman–Crippen MR) is 72.6 cm³/mol. The molecule has 0 fully saturated rings. The van der Waals surface area contributed by atoms with Crippen molar-refractivity contribution in [2.45, 2.75) is 13.5 Å². The van der Waals surface area contributed by atoms with Gasteiger partial charge in [0.25, 0.3) is 0 Å². The molecule has 2 heteroatoms. The highest BCUT2D eigenvalue weighted by molar-refractivity contribution is 5.94. The second-order valence-electron chi connectivity index (χ2n) is 4.26. The molecule has 18 heavy (non-hydrogen) atoms. The van der Waals surface area contributed by atoms with E-state index >= 15 is 0 Å². The largest absolute Gasteiger partial charge is 0.380 e. The molecule has 0 bridgehead atoms. The molecule has 0 spiro atoms. The van der Waals surface area contributed by atoms with Crippen LogP contribution in [0.15, 0.2) is 48.5 Å². The van der Waals surface area contributed by atoms with E-state index in [1.807, 2.05) is 24.3 Å². The third-order valence-electron chi connectivity index (χ3n) is 2.89. The average molecular weight is 240 g/mol. The van der Waals surface area contributed by atoms with E-state index in [1.165, 1.54) is 0 Å². The van der Waals surface area contributed by atoms with E-state index in [0.29, 0.717) is 6.61 Å². The molecule has 0 saturated heterocycles. The molecule has 2 nitrogen and oxygen atoms in total. The molecule has 0 radical (unpaired) electrons. The maximum atomic E-state index is 11.2. The van der Waals surface area contributed by atoms with E-state index in [0.717, 1.165) is 22.3 Å². The molecule has 92 valence electrons. The van der Waals surface area contributed by atoms with Crippen LogP contribution in [-0.4, -0.2) is 12.9 Å². The van der Waals surface area contributed by atoms with Gasteiger partial charge in [0, 0.05) is 12.7 Å². The Morgan fingerprint density at radius 3 is 1.89 bits per heavy atom. The second-order valence-corrected chi connectivity index (χ2v) is 4.26. The van der Waals surface area contributed by atoms with Crippen molar-refractivity contribution in [3.63, 3.8) is 0 Å². The number of ketones is 1. The molecule has 2 aromatic carbocycles. The van der Waals surface area contributed by atoms with Crippen molar-refractivity contribution >= 4 is 5.78 Å². The Bertz CT molecular complexity index is 524. The van der Waals surface area contributed by atoms with E-state index in [1.54, 1.807) is 14.0 Å². The number of hydrogen-bond donors (Lipinski definition) is 0. The van der Waals surface area contributed by atoms with Crippen molar-refractivity contribution in [3.05, 3.63) is 59.7 Å². The van der Waals surface area contributed by atoms with Gasteiger partial charge >= 0.3 is 0 Å². The van der Waals surface area contributed by atoms with Gasteiger partial charge in [0.15, 0.2) is 5.78 Å². The SMILES string of the molecule is COCc1ccc(-c2ccc(C(C)=O)cc2)cc1. The Morgan fingerprint density at radius 1 is 0.944 bits per heavy atom.